The van der Waals surface area contributed by atoms with Gasteiger partial charge in [-0.1, -0.05) is 28.9 Å². The zero-order valence-corrected chi connectivity index (χ0v) is 24.3. The molecule has 4 aromatic rings. The van der Waals surface area contributed by atoms with Crippen molar-refractivity contribution in [3.63, 3.8) is 0 Å². The van der Waals surface area contributed by atoms with Crippen molar-refractivity contribution in [2.45, 2.75) is 43.7 Å². The molecule has 12 heteroatoms. The van der Waals surface area contributed by atoms with Gasteiger partial charge in [-0.25, -0.2) is 0 Å². The molecule has 1 amide bonds. The van der Waals surface area contributed by atoms with E-state index >= 15 is 0 Å². The predicted octanol–water partition coefficient (Wildman–Crippen LogP) is 5.40. The number of nitrogens with two attached hydrogens (primary N) is 1. The molecule has 0 bridgehead atoms. The van der Waals surface area contributed by atoms with Crippen LogP contribution in [0, 0.1) is 0 Å². The first-order valence-corrected chi connectivity index (χ1v) is 13.2. The topological polar surface area (TPSA) is 112 Å². The maximum atomic E-state index is 13.5. The molecule has 6 rings (SSSR count). The largest absolute Gasteiger partial charge is 0.497 e. The van der Waals surface area contributed by atoms with Crippen LogP contribution < -0.4 is 10.5 Å². The summed E-state index contributed by atoms with van der Waals surface area (Å²) in [5.74, 6) is 1.98. The molecule has 2 aromatic carbocycles. The molecular formula is C28H31Cl3N6O3. The molecule has 0 radical (unpaired) electrons. The van der Waals surface area contributed by atoms with Gasteiger partial charge in [0.15, 0.2) is 0 Å². The lowest BCUT2D eigenvalue weighted by molar-refractivity contribution is 0.0523. The molecule has 9 nitrogen and oxygen atoms in total. The maximum absolute atomic E-state index is 13.5. The second-order valence-corrected chi connectivity index (χ2v) is 10.5. The van der Waals surface area contributed by atoms with Crippen LogP contribution in [0.2, 0.25) is 5.02 Å². The van der Waals surface area contributed by atoms with E-state index in [1.807, 2.05) is 58.0 Å². The average molecular weight is 606 g/mol. The predicted molar refractivity (Wildman–Crippen MR) is 157 cm³/mol. The number of nitrogens with zero attached hydrogens (tertiary/aromatic N) is 5. The molecule has 3 heterocycles. The van der Waals surface area contributed by atoms with E-state index < -0.39 is 0 Å². The lowest BCUT2D eigenvalue weighted by atomic mass is 9.68. The number of rotatable bonds is 6. The van der Waals surface area contributed by atoms with Gasteiger partial charge in [-0.05, 0) is 67.6 Å². The Morgan fingerprint density at radius 3 is 2.45 bits per heavy atom. The third kappa shape index (κ3) is 5.31. The molecule has 1 saturated carbocycles. The maximum Gasteiger partial charge on any atom is 0.292 e. The Bertz CT molecular complexity index is 1460. The molecule has 212 valence electrons. The molecule has 2 aliphatic rings. The molecule has 0 unspecified atom stereocenters. The quantitative estimate of drug-likeness (QED) is 0.313. The van der Waals surface area contributed by atoms with E-state index in [1.165, 1.54) is 5.56 Å². The van der Waals surface area contributed by atoms with Crippen molar-refractivity contribution in [3.8, 4) is 28.6 Å². The molecule has 1 aliphatic carbocycles. The molecule has 2 N–H and O–H groups in total. The smallest absolute Gasteiger partial charge is 0.292 e. The molecule has 2 aromatic heterocycles. The van der Waals surface area contributed by atoms with Gasteiger partial charge >= 0.3 is 0 Å². The first kappa shape index (κ1) is 29.9. The lowest BCUT2D eigenvalue weighted by Gasteiger charge is -2.44. The van der Waals surface area contributed by atoms with E-state index in [2.05, 4.69) is 21.4 Å². The fourth-order valence-corrected chi connectivity index (χ4v) is 6.01. The highest BCUT2D eigenvalue weighted by atomic mass is 35.5. The minimum atomic E-state index is -0.110. The van der Waals surface area contributed by atoms with Gasteiger partial charge in [-0.3, -0.25) is 9.36 Å². The van der Waals surface area contributed by atoms with Crippen LogP contribution in [-0.4, -0.2) is 57.0 Å². The van der Waals surface area contributed by atoms with Gasteiger partial charge < -0.3 is 19.9 Å². The van der Waals surface area contributed by atoms with Crippen molar-refractivity contribution in [3.05, 3.63) is 71.0 Å². The number of methoxy groups -OCH3 is 1. The lowest BCUT2D eigenvalue weighted by Crippen LogP contribution is -2.50. The highest BCUT2D eigenvalue weighted by Gasteiger charge is 2.41. The number of carbonyl (C=O) groups excluding carboxylic acids is 1. The number of aromatic nitrogens is 4. The van der Waals surface area contributed by atoms with Gasteiger partial charge in [0.2, 0.25) is 17.4 Å². The number of benzene rings is 2. The van der Waals surface area contributed by atoms with Crippen molar-refractivity contribution >= 4 is 42.3 Å². The molecule has 0 spiro atoms. The molecule has 1 fully saturated rings. The summed E-state index contributed by atoms with van der Waals surface area (Å²) in [6, 6.07) is 17.5. The van der Waals surface area contributed by atoms with E-state index in [9.17, 15) is 4.79 Å². The Morgan fingerprint density at radius 1 is 1.05 bits per heavy atom. The van der Waals surface area contributed by atoms with Crippen molar-refractivity contribution in [2.75, 3.05) is 20.2 Å². The van der Waals surface area contributed by atoms with Crippen LogP contribution in [0.5, 0.6) is 5.75 Å². The Kier molecular flexibility index (Phi) is 9.09. The van der Waals surface area contributed by atoms with Crippen LogP contribution in [-0.2, 0) is 12.0 Å². The highest BCUT2D eigenvalue weighted by molar-refractivity contribution is 6.30. The van der Waals surface area contributed by atoms with Gasteiger partial charge in [-0.2, -0.15) is 0 Å². The third-order valence-corrected chi connectivity index (χ3v) is 8.30. The Hall–Kier alpha value is -3.11. The Labute approximate surface area is 249 Å². The standard InChI is InChI=1S/C28H29ClN6O3.2ClH/c1-37-22-7-5-18(6-8-22)23-16-24(38-33-23)25-31-32-26-27(36)34(13-14-35(25)26)21-9-11-28(17-30,12-10-21)19-3-2-4-20(29)15-19;;/h2-8,15-16,21H,9-14,17,30H2,1H3;2*1H. The monoisotopic (exact) mass is 604 g/mol. The van der Waals surface area contributed by atoms with E-state index in [1.54, 1.807) is 7.11 Å². The number of hydrogen-bond acceptors (Lipinski definition) is 7. The average Bonchev–Trinajstić information content (AvgIpc) is 3.61. The highest BCUT2D eigenvalue weighted by Crippen LogP contribution is 2.41. The van der Waals surface area contributed by atoms with Gasteiger partial charge in [0.1, 0.15) is 11.4 Å². The van der Waals surface area contributed by atoms with E-state index in [0.717, 1.165) is 42.0 Å². The molecule has 0 atom stereocenters. The molecule has 0 saturated heterocycles. The summed E-state index contributed by atoms with van der Waals surface area (Å²) in [6.45, 7) is 1.74. The summed E-state index contributed by atoms with van der Waals surface area (Å²) in [5.41, 5.74) is 8.92. The van der Waals surface area contributed by atoms with Crippen LogP contribution in [0.3, 0.4) is 0 Å². The summed E-state index contributed by atoms with van der Waals surface area (Å²) in [7, 11) is 1.63. The van der Waals surface area contributed by atoms with Gasteiger partial charge in [-0.15, -0.1) is 35.0 Å². The van der Waals surface area contributed by atoms with Crippen LogP contribution in [0.4, 0.5) is 0 Å². The van der Waals surface area contributed by atoms with Crippen molar-refractivity contribution in [2.24, 2.45) is 5.73 Å². The SMILES string of the molecule is COc1ccc(-c2cc(-c3nnc4n3CCN(C3CCC(CN)(c5cccc(Cl)c5)CC3)C4=O)on2)cc1.Cl.Cl. The number of amides is 1. The van der Waals surface area contributed by atoms with Gasteiger partial charge in [0.05, 0.1) is 7.11 Å². The fourth-order valence-electron chi connectivity index (χ4n) is 5.82. The Morgan fingerprint density at radius 2 is 1.77 bits per heavy atom. The molecule has 40 heavy (non-hydrogen) atoms. The fraction of sp³-hybridized carbons (Fsp3) is 0.357. The second kappa shape index (κ2) is 12.2. The molecular weight excluding hydrogens is 575 g/mol. The van der Waals surface area contributed by atoms with Crippen LogP contribution in [0.15, 0.2) is 59.1 Å². The van der Waals surface area contributed by atoms with Crippen molar-refractivity contribution in [1.82, 2.24) is 24.8 Å². The first-order valence-electron chi connectivity index (χ1n) is 12.8. The van der Waals surface area contributed by atoms with E-state index in [-0.39, 0.29) is 42.2 Å². The van der Waals surface area contributed by atoms with Gasteiger partial charge in [0, 0.05) is 47.7 Å². The normalized spacial score (nSPS) is 20.3. The van der Waals surface area contributed by atoms with Crippen LogP contribution >= 0.6 is 36.4 Å². The van der Waals surface area contributed by atoms with Crippen LogP contribution in [0.1, 0.15) is 41.9 Å². The molecule has 1 aliphatic heterocycles. The van der Waals surface area contributed by atoms with Crippen LogP contribution in [0.25, 0.3) is 22.8 Å². The van der Waals surface area contributed by atoms with Crippen molar-refractivity contribution in [1.29, 1.82) is 0 Å². The zero-order chi connectivity index (χ0) is 26.3. The van der Waals surface area contributed by atoms with E-state index in [0.29, 0.717) is 42.7 Å². The number of ether oxygens (including phenoxy) is 1. The van der Waals surface area contributed by atoms with Crippen molar-refractivity contribution < 1.29 is 14.1 Å². The summed E-state index contributed by atoms with van der Waals surface area (Å²) in [5, 5.41) is 13.5. The minimum Gasteiger partial charge on any atom is -0.497 e. The number of carbonyl (C=O) groups is 1. The Balaban J connectivity index is 0.00000185. The number of fused-ring (bicyclic) bond motifs is 1. The minimum absolute atomic E-state index is 0. The first-order chi connectivity index (χ1) is 18.5. The summed E-state index contributed by atoms with van der Waals surface area (Å²) in [4.78, 5) is 15.4. The number of hydrogen-bond donors (Lipinski definition) is 1. The summed E-state index contributed by atoms with van der Waals surface area (Å²) < 4.78 is 12.7. The number of halogens is 3. The second-order valence-electron chi connectivity index (χ2n) is 10.0. The summed E-state index contributed by atoms with van der Waals surface area (Å²) in [6.07, 6.45) is 3.57. The summed E-state index contributed by atoms with van der Waals surface area (Å²) >= 11 is 6.27. The zero-order valence-electron chi connectivity index (χ0n) is 22.0. The van der Waals surface area contributed by atoms with E-state index in [4.69, 9.17) is 26.6 Å². The third-order valence-electron chi connectivity index (χ3n) is 8.06. The van der Waals surface area contributed by atoms with Gasteiger partial charge in [0.25, 0.3) is 5.91 Å².